The molecule has 0 bridgehead atoms. The van der Waals surface area contributed by atoms with Gasteiger partial charge in [-0.1, -0.05) is 0 Å². The van der Waals surface area contributed by atoms with Gasteiger partial charge in [0.2, 0.25) is 0 Å². The van der Waals surface area contributed by atoms with Crippen LogP contribution in [0.2, 0.25) is 0 Å². The lowest BCUT2D eigenvalue weighted by molar-refractivity contribution is 0.0862. The van der Waals surface area contributed by atoms with Crippen molar-refractivity contribution in [1.82, 2.24) is 14.8 Å². The fourth-order valence-corrected chi connectivity index (χ4v) is 2.39. The van der Waals surface area contributed by atoms with Crippen LogP contribution in [0.3, 0.4) is 0 Å². The fourth-order valence-electron chi connectivity index (χ4n) is 2.39. The molecule has 0 saturated carbocycles. The number of aromatic hydroxyl groups is 1. The van der Waals surface area contributed by atoms with Crippen molar-refractivity contribution >= 4 is 0 Å². The van der Waals surface area contributed by atoms with Crippen LogP contribution in [0.25, 0.3) is 0 Å². The van der Waals surface area contributed by atoms with Crippen LogP contribution in [0.5, 0.6) is 5.75 Å². The molecule has 1 unspecified atom stereocenters. The third-order valence-corrected chi connectivity index (χ3v) is 3.52. The average molecular weight is 250 g/mol. The number of nitrogens with two attached hydrogens (primary N) is 1. The van der Waals surface area contributed by atoms with Crippen molar-refractivity contribution in [3.05, 3.63) is 23.5 Å². The lowest BCUT2D eigenvalue weighted by Crippen LogP contribution is -2.54. The molecule has 5 nitrogen and oxygen atoms in total. The zero-order valence-electron chi connectivity index (χ0n) is 11.1. The highest BCUT2D eigenvalue weighted by Gasteiger charge is 2.25. The standard InChI is InChI=1S/C13H22N4O/c1-10-3-4-13(18)12(15-10)9-17-6-5-16(2)8-11(17)7-14/h3-4,11,18H,5-9,14H2,1-2H3. The van der Waals surface area contributed by atoms with E-state index in [0.29, 0.717) is 19.1 Å². The van der Waals surface area contributed by atoms with Crippen molar-refractivity contribution in [2.24, 2.45) is 5.73 Å². The van der Waals surface area contributed by atoms with E-state index in [2.05, 4.69) is 21.8 Å². The van der Waals surface area contributed by atoms with Crippen LogP contribution in [0, 0.1) is 6.92 Å². The Balaban J connectivity index is 2.10. The lowest BCUT2D eigenvalue weighted by Gasteiger charge is -2.39. The second kappa shape index (κ2) is 5.65. The van der Waals surface area contributed by atoms with E-state index in [9.17, 15) is 5.11 Å². The predicted octanol–water partition coefficient (Wildman–Crippen LogP) is 0.170. The molecule has 2 heterocycles. The molecule has 1 aliphatic rings. The number of aromatic nitrogens is 1. The minimum absolute atomic E-state index is 0.273. The zero-order chi connectivity index (χ0) is 13.1. The molecule has 1 aromatic heterocycles. The first kappa shape index (κ1) is 13.3. The average Bonchev–Trinajstić information content (AvgIpc) is 2.36. The third kappa shape index (κ3) is 2.98. The number of pyridine rings is 1. The lowest BCUT2D eigenvalue weighted by atomic mass is 10.1. The molecule has 0 aliphatic carbocycles. The summed E-state index contributed by atoms with van der Waals surface area (Å²) in [5.41, 5.74) is 7.51. The molecule has 1 aliphatic heterocycles. The minimum Gasteiger partial charge on any atom is -0.506 e. The van der Waals surface area contributed by atoms with Gasteiger partial charge in [0.1, 0.15) is 5.75 Å². The van der Waals surface area contributed by atoms with Gasteiger partial charge in [-0.3, -0.25) is 9.88 Å². The fraction of sp³-hybridized carbons (Fsp3) is 0.615. The highest BCUT2D eigenvalue weighted by atomic mass is 16.3. The Morgan fingerprint density at radius 3 is 2.94 bits per heavy atom. The van der Waals surface area contributed by atoms with Crippen molar-refractivity contribution in [2.45, 2.75) is 19.5 Å². The summed E-state index contributed by atoms with van der Waals surface area (Å²) in [6.07, 6.45) is 0. The van der Waals surface area contributed by atoms with E-state index in [1.165, 1.54) is 0 Å². The molecule has 100 valence electrons. The Kier molecular flexibility index (Phi) is 4.16. The van der Waals surface area contributed by atoms with Crippen LogP contribution >= 0.6 is 0 Å². The number of likely N-dealkylation sites (N-methyl/N-ethyl adjacent to an activating group) is 1. The van der Waals surface area contributed by atoms with Gasteiger partial charge < -0.3 is 15.7 Å². The first-order chi connectivity index (χ1) is 8.60. The van der Waals surface area contributed by atoms with Crippen molar-refractivity contribution in [3.63, 3.8) is 0 Å². The van der Waals surface area contributed by atoms with Crippen LogP contribution in [0.15, 0.2) is 12.1 Å². The zero-order valence-corrected chi connectivity index (χ0v) is 11.1. The number of nitrogens with zero attached hydrogens (tertiary/aromatic N) is 3. The van der Waals surface area contributed by atoms with Gasteiger partial charge in [-0.05, 0) is 26.1 Å². The molecule has 1 saturated heterocycles. The first-order valence-corrected chi connectivity index (χ1v) is 6.38. The molecule has 1 fully saturated rings. The second-order valence-corrected chi connectivity index (χ2v) is 5.04. The Bertz CT molecular complexity index is 410. The highest BCUT2D eigenvalue weighted by Crippen LogP contribution is 2.19. The summed E-state index contributed by atoms with van der Waals surface area (Å²) < 4.78 is 0. The van der Waals surface area contributed by atoms with E-state index in [1.807, 2.05) is 13.0 Å². The predicted molar refractivity (Wildman–Crippen MR) is 71.4 cm³/mol. The minimum atomic E-state index is 0.273. The van der Waals surface area contributed by atoms with Crippen molar-refractivity contribution in [3.8, 4) is 5.75 Å². The number of hydrogen-bond donors (Lipinski definition) is 2. The molecule has 0 aromatic carbocycles. The monoisotopic (exact) mass is 250 g/mol. The van der Waals surface area contributed by atoms with E-state index < -0.39 is 0 Å². The normalized spacial score (nSPS) is 22.3. The Hall–Kier alpha value is -1.17. The van der Waals surface area contributed by atoms with E-state index in [4.69, 9.17) is 5.73 Å². The second-order valence-electron chi connectivity index (χ2n) is 5.04. The Labute approximate surface area is 108 Å². The van der Waals surface area contributed by atoms with Gasteiger partial charge in [0.15, 0.2) is 0 Å². The summed E-state index contributed by atoms with van der Waals surface area (Å²) in [4.78, 5) is 9.00. The number of rotatable bonds is 3. The summed E-state index contributed by atoms with van der Waals surface area (Å²) in [5.74, 6) is 0.273. The molecular formula is C13H22N4O. The van der Waals surface area contributed by atoms with Gasteiger partial charge >= 0.3 is 0 Å². The quantitative estimate of drug-likeness (QED) is 0.800. The van der Waals surface area contributed by atoms with E-state index >= 15 is 0 Å². The van der Waals surface area contributed by atoms with Gasteiger partial charge in [-0.15, -0.1) is 0 Å². The molecule has 0 spiro atoms. The molecule has 18 heavy (non-hydrogen) atoms. The topological polar surface area (TPSA) is 65.6 Å². The summed E-state index contributed by atoms with van der Waals surface area (Å²) >= 11 is 0. The van der Waals surface area contributed by atoms with Crippen LogP contribution in [0.1, 0.15) is 11.4 Å². The summed E-state index contributed by atoms with van der Waals surface area (Å²) in [6.45, 7) is 6.22. The summed E-state index contributed by atoms with van der Waals surface area (Å²) in [5, 5.41) is 9.85. The molecule has 3 N–H and O–H groups in total. The van der Waals surface area contributed by atoms with Gasteiger partial charge in [0.25, 0.3) is 0 Å². The maximum Gasteiger partial charge on any atom is 0.138 e. The van der Waals surface area contributed by atoms with Crippen molar-refractivity contribution in [1.29, 1.82) is 0 Å². The Morgan fingerprint density at radius 2 is 2.22 bits per heavy atom. The van der Waals surface area contributed by atoms with E-state index in [-0.39, 0.29) is 5.75 Å². The van der Waals surface area contributed by atoms with E-state index in [0.717, 1.165) is 31.0 Å². The molecule has 5 heteroatoms. The molecule has 2 rings (SSSR count). The number of aryl methyl sites for hydroxylation is 1. The highest BCUT2D eigenvalue weighted by molar-refractivity contribution is 5.27. The van der Waals surface area contributed by atoms with Gasteiger partial charge in [-0.2, -0.15) is 0 Å². The molecular weight excluding hydrogens is 228 g/mol. The largest absolute Gasteiger partial charge is 0.506 e. The molecule has 0 radical (unpaired) electrons. The van der Waals surface area contributed by atoms with Crippen molar-refractivity contribution < 1.29 is 5.11 Å². The third-order valence-electron chi connectivity index (χ3n) is 3.52. The van der Waals surface area contributed by atoms with Gasteiger partial charge in [-0.25, -0.2) is 0 Å². The number of hydrogen-bond acceptors (Lipinski definition) is 5. The molecule has 1 aromatic rings. The Morgan fingerprint density at radius 1 is 1.44 bits per heavy atom. The van der Waals surface area contributed by atoms with Crippen LogP contribution in [-0.4, -0.2) is 59.2 Å². The van der Waals surface area contributed by atoms with Gasteiger partial charge in [0.05, 0.1) is 5.69 Å². The van der Waals surface area contributed by atoms with Gasteiger partial charge in [0, 0.05) is 44.5 Å². The summed E-state index contributed by atoms with van der Waals surface area (Å²) in [6, 6.07) is 3.87. The number of piperazine rings is 1. The van der Waals surface area contributed by atoms with Crippen molar-refractivity contribution in [2.75, 3.05) is 33.2 Å². The maximum absolute atomic E-state index is 9.85. The maximum atomic E-state index is 9.85. The molecule has 1 atom stereocenters. The molecule has 0 amide bonds. The SMILES string of the molecule is Cc1ccc(O)c(CN2CCN(C)CC2CN)n1. The van der Waals surface area contributed by atoms with Crippen LogP contribution in [0.4, 0.5) is 0 Å². The first-order valence-electron chi connectivity index (χ1n) is 6.38. The smallest absolute Gasteiger partial charge is 0.138 e. The van der Waals surface area contributed by atoms with Crippen LogP contribution < -0.4 is 5.73 Å². The van der Waals surface area contributed by atoms with Crippen LogP contribution in [-0.2, 0) is 6.54 Å². The summed E-state index contributed by atoms with van der Waals surface area (Å²) in [7, 11) is 2.11. The van der Waals surface area contributed by atoms with E-state index in [1.54, 1.807) is 6.07 Å².